The van der Waals surface area contributed by atoms with Gasteiger partial charge >= 0.3 is 0 Å². The van der Waals surface area contributed by atoms with E-state index in [-0.39, 0.29) is 0 Å². The third kappa shape index (κ3) is 5.61. The Morgan fingerprint density at radius 3 is 1.90 bits per heavy atom. The Balaban J connectivity index is 1.06. The quantitative estimate of drug-likeness (QED) is 0.125. The fourth-order valence-corrected chi connectivity index (χ4v) is 8.18. The molecular weight excluding hydrogens is 715 g/mol. The largest absolute Gasteiger partial charge is 0.456 e. The first-order valence-corrected chi connectivity index (χ1v) is 19.2. The molecule has 0 aliphatic carbocycles. The summed E-state index contributed by atoms with van der Waals surface area (Å²) >= 11 is 0. The summed E-state index contributed by atoms with van der Waals surface area (Å²) in [4.78, 5) is 14.9. The molecule has 0 atom stereocenters. The van der Waals surface area contributed by atoms with Gasteiger partial charge in [0.2, 0.25) is 0 Å². The molecule has 3 heterocycles. The lowest BCUT2D eigenvalue weighted by Crippen LogP contribution is -2.06. The van der Waals surface area contributed by atoms with Crippen LogP contribution in [0.1, 0.15) is 16.7 Å². The standard InChI is InChI=1S/C52H33N3O3/c1-53-52(41-19-11-23-47-49(41)40-18-9-17-38(50(40)58-47)37-16-10-22-46-48(37)39-15-6-8-21-44(39)57-46)55-51(35-28-29-45-42(30-35)36-14-5-7-20-43(36)56-45)54-31-32-24-26-34(27-25-32)33-12-3-2-4-13-33/h2-30H,1,31H2/b54-51-,55-52-. The molecule has 6 heteroatoms. The van der Waals surface area contributed by atoms with Crippen molar-refractivity contribution in [1.29, 1.82) is 0 Å². The van der Waals surface area contributed by atoms with Gasteiger partial charge in [0.05, 0.1) is 6.54 Å². The van der Waals surface area contributed by atoms with Gasteiger partial charge in [-0.05, 0) is 71.4 Å². The Labute approximate surface area is 332 Å². The monoisotopic (exact) mass is 747 g/mol. The highest BCUT2D eigenvalue weighted by Crippen LogP contribution is 2.42. The number of para-hydroxylation sites is 3. The maximum atomic E-state index is 6.74. The van der Waals surface area contributed by atoms with Crippen molar-refractivity contribution in [3.05, 3.63) is 193 Å². The third-order valence-corrected chi connectivity index (χ3v) is 10.9. The van der Waals surface area contributed by atoms with Crippen molar-refractivity contribution < 1.29 is 13.3 Å². The van der Waals surface area contributed by atoms with Crippen LogP contribution in [0.4, 0.5) is 0 Å². The Kier molecular flexibility index (Phi) is 7.93. The first-order valence-electron chi connectivity index (χ1n) is 19.2. The van der Waals surface area contributed by atoms with Crippen molar-refractivity contribution in [3.8, 4) is 22.3 Å². The highest BCUT2D eigenvalue weighted by molar-refractivity contribution is 6.24. The molecule has 0 saturated carbocycles. The van der Waals surface area contributed by atoms with Gasteiger partial charge in [-0.1, -0.05) is 133 Å². The van der Waals surface area contributed by atoms with Gasteiger partial charge in [0.1, 0.15) is 33.5 Å². The predicted octanol–water partition coefficient (Wildman–Crippen LogP) is 13.8. The first-order chi connectivity index (χ1) is 28.7. The maximum absolute atomic E-state index is 6.74. The van der Waals surface area contributed by atoms with Gasteiger partial charge in [0.15, 0.2) is 11.7 Å². The Bertz CT molecular complexity index is 3440. The van der Waals surface area contributed by atoms with Crippen molar-refractivity contribution in [2.24, 2.45) is 15.0 Å². The number of amidine groups is 2. The van der Waals surface area contributed by atoms with Crippen molar-refractivity contribution in [2.75, 3.05) is 0 Å². The molecule has 0 saturated heterocycles. The molecule has 11 aromatic rings. The topological polar surface area (TPSA) is 76.5 Å². The number of benzene rings is 8. The van der Waals surface area contributed by atoms with Crippen LogP contribution in [0.5, 0.6) is 0 Å². The number of aliphatic imine (C=N–C) groups is 3. The molecule has 58 heavy (non-hydrogen) atoms. The van der Waals surface area contributed by atoms with Crippen molar-refractivity contribution in [2.45, 2.75) is 6.54 Å². The smallest absolute Gasteiger partial charge is 0.161 e. The molecule has 11 rings (SSSR count). The van der Waals surface area contributed by atoms with Crippen molar-refractivity contribution >= 4 is 84.2 Å². The zero-order chi connectivity index (χ0) is 38.6. The minimum absolute atomic E-state index is 0.416. The molecule has 0 radical (unpaired) electrons. The van der Waals surface area contributed by atoms with Crippen LogP contribution in [0, 0.1) is 0 Å². The Morgan fingerprint density at radius 1 is 0.448 bits per heavy atom. The highest BCUT2D eigenvalue weighted by Gasteiger charge is 2.21. The molecule has 0 unspecified atom stereocenters. The van der Waals surface area contributed by atoms with Crippen molar-refractivity contribution in [1.82, 2.24) is 0 Å². The first kappa shape index (κ1) is 33.5. The molecule has 274 valence electrons. The van der Waals surface area contributed by atoms with E-state index in [1.165, 1.54) is 5.56 Å². The second kappa shape index (κ2) is 13.7. The minimum atomic E-state index is 0.416. The molecule has 0 N–H and O–H groups in total. The lowest BCUT2D eigenvalue weighted by Gasteiger charge is -2.08. The fourth-order valence-electron chi connectivity index (χ4n) is 8.18. The summed E-state index contributed by atoms with van der Waals surface area (Å²) in [5, 5.41) is 6.00. The van der Waals surface area contributed by atoms with Crippen LogP contribution < -0.4 is 0 Å². The normalized spacial score (nSPS) is 12.5. The molecule has 0 bridgehead atoms. The number of rotatable bonds is 6. The maximum Gasteiger partial charge on any atom is 0.161 e. The summed E-state index contributed by atoms with van der Waals surface area (Å²) in [6.07, 6.45) is 0. The Hall–Kier alpha value is -7.83. The molecule has 8 aromatic carbocycles. The lowest BCUT2D eigenvalue weighted by atomic mass is 9.97. The number of hydrogen-bond donors (Lipinski definition) is 0. The van der Waals surface area contributed by atoms with Crippen LogP contribution in [-0.4, -0.2) is 18.4 Å². The number of nitrogens with zero attached hydrogens (tertiary/aromatic N) is 3. The van der Waals surface area contributed by atoms with E-state index in [9.17, 15) is 0 Å². The molecule has 3 aromatic heterocycles. The molecule has 0 aliphatic heterocycles. The van der Waals surface area contributed by atoms with Crippen LogP contribution in [-0.2, 0) is 6.54 Å². The summed E-state index contributed by atoms with van der Waals surface area (Å²) in [6, 6.07) is 59.6. The predicted molar refractivity (Wildman–Crippen MR) is 238 cm³/mol. The summed E-state index contributed by atoms with van der Waals surface area (Å²) in [7, 11) is 0. The van der Waals surface area contributed by atoms with E-state index in [1.807, 2.05) is 84.9 Å². The van der Waals surface area contributed by atoms with Gasteiger partial charge in [-0.2, -0.15) is 0 Å². The van der Waals surface area contributed by atoms with Gasteiger partial charge < -0.3 is 13.3 Å². The highest BCUT2D eigenvalue weighted by atomic mass is 16.3. The molecule has 0 amide bonds. The van der Waals surface area contributed by atoms with Gasteiger partial charge in [-0.15, -0.1) is 0 Å². The third-order valence-electron chi connectivity index (χ3n) is 10.9. The summed E-state index contributed by atoms with van der Waals surface area (Å²) < 4.78 is 19.2. The lowest BCUT2D eigenvalue weighted by molar-refractivity contribution is 0.668. The zero-order valence-corrected chi connectivity index (χ0v) is 31.2. The minimum Gasteiger partial charge on any atom is -0.456 e. The van der Waals surface area contributed by atoms with E-state index >= 15 is 0 Å². The SMILES string of the molecule is C=N/C(=N\C(=N/Cc1ccc(-c2ccccc2)cc1)c1ccc2oc3ccccc3c2c1)c1cccc2oc3c(-c4cccc5oc6ccccc6c45)cccc3c12. The van der Waals surface area contributed by atoms with Gasteiger partial charge in [0, 0.05) is 49.0 Å². The fraction of sp³-hybridized carbons (Fsp3) is 0.0192. The second-order valence-electron chi connectivity index (χ2n) is 14.3. The van der Waals surface area contributed by atoms with Crippen LogP contribution in [0.25, 0.3) is 88.1 Å². The summed E-state index contributed by atoms with van der Waals surface area (Å²) in [6.45, 7) is 4.44. The van der Waals surface area contributed by atoms with Gasteiger partial charge in [0.25, 0.3) is 0 Å². The zero-order valence-electron chi connectivity index (χ0n) is 31.2. The molecule has 0 aliphatic rings. The number of hydrogen-bond acceptors (Lipinski definition) is 4. The molecule has 0 fully saturated rings. The number of furan rings is 3. The van der Waals surface area contributed by atoms with E-state index in [4.69, 9.17) is 23.2 Å². The van der Waals surface area contributed by atoms with Crippen LogP contribution >= 0.6 is 0 Å². The Morgan fingerprint density at radius 2 is 1.07 bits per heavy atom. The van der Waals surface area contributed by atoms with E-state index in [0.717, 1.165) is 99.2 Å². The average Bonchev–Trinajstić information content (AvgIpc) is 3.98. The van der Waals surface area contributed by atoms with E-state index in [2.05, 4.69) is 103 Å². The molecule has 0 spiro atoms. The van der Waals surface area contributed by atoms with Gasteiger partial charge in [-0.25, -0.2) is 9.98 Å². The van der Waals surface area contributed by atoms with Gasteiger partial charge in [-0.3, -0.25) is 4.99 Å². The molecular formula is C52H33N3O3. The number of fused-ring (bicyclic) bond motifs is 9. The summed E-state index contributed by atoms with van der Waals surface area (Å²) in [5.41, 5.74) is 11.9. The van der Waals surface area contributed by atoms with Crippen molar-refractivity contribution in [3.63, 3.8) is 0 Å². The van der Waals surface area contributed by atoms with Crippen LogP contribution in [0.2, 0.25) is 0 Å². The van der Waals surface area contributed by atoms with E-state index < -0.39 is 0 Å². The second-order valence-corrected chi connectivity index (χ2v) is 14.3. The van der Waals surface area contributed by atoms with Crippen LogP contribution in [0.15, 0.2) is 204 Å². The summed E-state index contributed by atoms with van der Waals surface area (Å²) in [5.74, 6) is 0.975. The molecule has 6 nitrogen and oxygen atoms in total. The average molecular weight is 748 g/mol. The van der Waals surface area contributed by atoms with E-state index in [0.29, 0.717) is 18.2 Å². The van der Waals surface area contributed by atoms with E-state index in [1.54, 1.807) is 0 Å². The van der Waals surface area contributed by atoms with Crippen LogP contribution in [0.3, 0.4) is 0 Å².